The van der Waals surface area contributed by atoms with Crippen molar-refractivity contribution in [3.63, 3.8) is 0 Å². The van der Waals surface area contributed by atoms with E-state index in [4.69, 9.17) is 0 Å². The Morgan fingerprint density at radius 1 is 1.53 bits per heavy atom. The number of nitrogens with zero attached hydrogens (tertiary/aromatic N) is 2. The van der Waals surface area contributed by atoms with E-state index >= 15 is 0 Å². The van der Waals surface area contributed by atoms with Crippen LogP contribution >= 0.6 is 27.5 Å². The van der Waals surface area contributed by atoms with Crippen molar-refractivity contribution in [1.82, 2.24) is 14.9 Å². The van der Waals surface area contributed by atoms with Gasteiger partial charge in [-0.1, -0.05) is 40.7 Å². The molecule has 0 saturated heterocycles. The Balaban J connectivity index is 2.64. The Bertz CT molecular complexity index is 356. The number of rotatable bonds is 7. The first-order valence-corrected chi connectivity index (χ1v) is 7.80. The number of aryl methyl sites for hydroxylation is 1. The molecule has 1 unspecified atom stereocenters. The van der Waals surface area contributed by atoms with Crippen molar-refractivity contribution < 1.29 is 4.79 Å². The van der Waals surface area contributed by atoms with Gasteiger partial charge in [-0.05, 0) is 30.8 Å². The molecule has 0 spiro atoms. The van der Waals surface area contributed by atoms with E-state index in [9.17, 15) is 4.79 Å². The topological polar surface area (TPSA) is 54.9 Å². The third-order valence-electron chi connectivity index (χ3n) is 2.53. The molecular formula is C11H18BrN3OS. The highest BCUT2D eigenvalue weighted by Crippen LogP contribution is 2.13. The third kappa shape index (κ3) is 4.35. The highest BCUT2D eigenvalue weighted by atomic mass is 79.9. The molecule has 0 aliphatic heterocycles. The van der Waals surface area contributed by atoms with E-state index in [0.717, 1.165) is 36.7 Å². The molecule has 0 aromatic carbocycles. The molecule has 1 heterocycles. The van der Waals surface area contributed by atoms with Crippen molar-refractivity contribution in [3.05, 3.63) is 10.6 Å². The van der Waals surface area contributed by atoms with Crippen molar-refractivity contribution in [2.24, 2.45) is 0 Å². The van der Waals surface area contributed by atoms with Gasteiger partial charge in [-0.2, -0.15) is 0 Å². The summed E-state index contributed by atoms with van der Waals surface area (Å²) >= 11 is 4.58. The van der Waals surface area contributed by atoms with Crippen LogP contribution in [0.2, 0.25) is 0 Å². The SMILES string of the molecule is CCCc1nnsc1C(=O)NC(CC)CCBr. The number of nitrogens with one attached hydrogen (secondary N) is 1. The van der Waals surface area contributed by atoms with Gasteiger partial charge in [0.05, 0.1) is 5.69 Å². The zero-order valence-corrected chi connectivity index (χ0v) is 12.6. The van der Waals surface area contributed by atoms with Gasteiger partial charge in [-0.15, -0.1) is 5.10 Å². The van der Waals surface area contributed by atoms with Crippen molar-refractivity contribution in [3.8, 4) is 0 Å². The lowest BCUT2D eigenvalue weighted by atomic mass is 10.1. The Morgan fingerprint density at radius 3 is 2.88 bits per heavy atom. The summed E-state index contributed by atoms with van der Waals surface area (Å²) in [6, 6.07) is 0.221. The average molecular weight is 320 g/mol. The van der Waals surface area contributed by atoms with Crippen LogP contribution in [0.4, 0.5) is 0 Å². The number of alkyl halides is 1. The smallest absolute Gasteiger partial charge is 0.265 e. The summed E-state index contributed by atoms with van der Waals surface area (Å²) in [6.45, 7) is 4.15. The molecule has 0 aliphatic rings. The second-order valence-electron chi connectivity index (χ2n) is 3.86. The lowest BCUT2D eigenvalue weighted by Gasteiger charge is -2.14. The summed E-state index contributed by atoms with van der Waals surface area (Å²) in [7, 11) is 0. The first kappa shape index (κ1) is 14.6. The molecule has 0 saturated carbocycles. The molecule has 17 heavy (non-hydrogen) atoms. The summed E-state index contributed by atoms with van der Waals surface area (Å²) in [4.78, 5) is 12.7. The van der Waals surface area contributed by atoms with Gasteiger partial charge in [-0.25, -0.2) is 0 Å². The Labute approximate surface area is 114 Å². The summed E-state index contributed by atoms with van der Waals surface area (Å²) in [5.74, 6) is -0.0312. The summed E-state index contributed by atoms with van der Waals surface area (Å²) in [5, 5.41) is 7.93. The molecule has 1 aromatic rings. The molecule has 4 nitrogen and oxygen atoms in total. The molecule has 1 N–H and O–H groups in total. The summed E-state index contributed by atoms with van der Waals surface area (Å²) in [5.41, 5.74) is 0.823. The van der Waals surface area contributed by atoms with E-state index < -0.39 is 0 Å². The quantitative estimate of drug-likeness (QED) is 0.786. The lowest BCUT2D eigenvalue weighted by Crippen LogP contribution is -2.34. The van der Waals surface area contributed by atoms with Crippen LogP contribution in [0.15, 0.2) is 0 Å². The number of carbonyl (C=O) groups excluding carboxylic acids is 1. The molecule has 1 amide bonds. The van der Waals surface area contributed by atoms with Crippen LogP contribution in [0.5, 0.6) is 0 Å². The minimum absolute atomic E-state index is 0.0312. The highest BCUT2D eigenvalue weighted by Gasteiger charge is 2.18. The van der Waals surface area contributed by atoms with E-state index in [0.29, 0.717) is 4.88 Å². The zero-order valence-electron chi connectivity index (χ0n) is 10.2. The van der Waals surface area contributed by atoms with E-state index in [1.807, 2.05) is 0 Å². The molecular weight excluding hydrogens is 302 g/mol. The van der Waals surface area contributed by atoms with Crippen LogP contribution in [-0.2, 0) is 6.42 Å². The lowest BCUT2D eigenvalue weighted by molar-refractivity contribution is 0.0938. The molecule has 0 fully saturated rings. The van der Waals surface area contributed by atoms with E-state index in [1.165, 1.54) is 11.5 Å². The molecule has 96 valence electrons. The number of hydrogen-bond acceptors (Lipinski definition) is 4. The fourth-order valence-electron chi connectivity index (χ4n) is 1.54. The monoisotopic (exact) mass is 319 g/mol. The number of halogens is 1. The van der Waals surface area contributed by atoms with Gasteiger partial charge in [-0.3, -0.25) is 4.79 Å². The Morgan fingerprint density at radius 2 is 2.29 bits per heavy atom. The normalized spacial score (nSPS) is 12.4. The molecule has 0 aliphatic carbocycles. The number of hydrogen-bond donors (Lipinski definition) is 1. The number of aromatic nitrogens is 2. The van der Waals surface area contributed by atoms with Gasteiger partial charge in [0.25, 0.3) is 5.91 Å². The maximum atomic E-state index is 12.0. The van der Waals surface area contributed by atoms with Gasteiger partial charge in [0.2, 0.25) is 0 Å². The summed E-state index contributed by atoms with van der Waals surface area (Å²) < 4.78 is 3.86. The molecule has 0 bridgehead atoms. The second-order valence-corrected chi connectivity index (χ2v) is 5.40. The van der Waals surface area contributed by atoms with Crippen LogP contribution in [0.1, 0.15) is 48.5 Å². The van der Waals surface area contributed by atoms with E-state index in [2.05, 4.69) is 44.7 Å². The minimum Gasteiger partial charge on any atom is -0.348 e. The summed E-state index contributed by atoms with van der Waals surface area (Å²) in [6.07, 6.45) is 3.67. The minimum atomic E-state index is -0.0312. The standard InChI is InChI=1S/C11H18BrN3OS/c1-3-5-9-10(17-15-14-9)11(16)13-8(4-2)6-7-12/h8H,3-7H2,1-2H3,(H,13,16). The molecule has 1 rings (SSSR count). The number of carbonyl (C=O) groups is 1. The van der Waals surface area contributed by atoms with Crippen LogP contribution in [0, 0.1) is 0 Å². The largest absolute Gasteiger partial charge is 0.348 e. The fraction of sp³-hybridized carbons (Fsp3) is 0.727. The maximum Gasteiger partial charge on any atom is 0.265 e. The van der Waals surface area contributed by atoms with E-state index in [-0.39, 0.29) is 11.9 Å². The van der Waals surface area contributed by atoms with E-state index in [1.54, 1.807) is 0 Å². The third-order valence-corrected chi connectivity index (χ3v) is 3.76. The molecule has 1 aromatic heterocycles. The first-order chi connectivity index (χ1) is 8.22. The maximum absolute atomic E-state index is 12.0. The van der Waals surface area contributed by atoms with Gasteiger partial charge in [0.1, 0.15) is 4.88 Å². The van der Waals surface area contributed by atoms with Crippen LogP contribution in [0.3, 0.4) is 0 Å². The van der Waals surface area contributed by atoms with Gasteiger partial charge < -0.3 is 5.32 Å². The van der Waals surface area contributed by atoms with Crippen molar-refractivity contribution in [2.75, 3.05) is 5.33 Å². The zero-order chi connectivity index (χ0) is 12.7. The van der Waals surface area contributed by atoms with Gasteiger partial charge in [0, 0.05) is 11.4 Å². The van der Waals surface area contributed by atoms with Crippen LogP contribution in [-0.4, -0.2) is 26.9 Å². The van der Waals surface area contributed by atoms with Crippen molar-refractivity contribution >= 4 is 33.4 Å². The highest BCUT2D eigenvalue weighted by molar-refractivity contribution is 9.09. The van der Waals surface area contributed by atoms with Crippen molar-refractivity contribution in [2.45, 2.75) is 45.6 Å². The van der Waals surface area contributed by atoms with Crippen LogP contribution < -0.4 is 5.32 Å². The fourth-order valence-corrected chi connectivity index (χ4v) is 2.71. The molecule has 0 radical (unpaired) electrons. The Hall–Kier alpha value is -0.490. The molecule has 1 atom stereocenters. The average Bonchev–Trinajstić information content (AvgIpc) is 2.77. The van der Waals surface area contributed by atoms with Crippen molar-refractivity contribution in [1.29, 1.82) is 0 Å². The predicted molar refractivity (Wildman–Crippen MR) is 73.9 cm³/mol. The molecule has 6 heteroatoms. The van der Waals surface area contributed by atoms with Crippen LogP contribution in [0.25, 0.3) is 0 Å². The van der Waals surface area contributed by atoms with Gasteiger partial charge >= 0.3 is 0 Å². The Kier molecular flexibility index (Phi) is 6.65. The number of amides is 1. The predicted octanol–water partition coefficient (Wildman–Crippen LogP) is 2.78. The second kappa shape index (κ2) is 7.76. The van der Waals surface area contributed by atoms with Gasteiger partial charge in [0.15, 0.2) is 0 Å². The first-order valence-electron chi connectivity index (χ1n) is 5.90.